The predicted molar refractivity (Wildman–Crippen MR) is 216 cm³/mol. The third-order valence-electron chi connectivity index (χ3n) is 10.9. The van der Waals surface area contributed by atoms with E-state index in [4.69, 9.17) is 44.8 Å². The number of carboxylic acid groups (broad SMARTS) is 1. The topological polar surface area (TPSA) is 397 Å². The minimum atomic E-state index is -3.00. The number of aliphatic carboxylic acids is 1. The molecule has 27 heteroatoms. The van der Waals surface area contributed by atoms with E-state index in [0.717, 1.165) is 27.9 Å². The number of aliphatic hydroxyl groups is 8. The van der Waals surface area contributed by atoms with Crippen LogP contribution in [0.4, 0.5) is 0 Å². The number of halogens is 1. The highest BCUT2D eigenvalue weighted by Crippen LogP contribution is 2.36. The third kappa shape index (κ3) is 13.3. The monoisotopic (exact) mass is 968 g/mol. The summed E-state index contributed by atoms with van der Waals surface area (Å²) >= 11 is 5.88. The van der Waals surface area contributed by atoms with Crippen molar-refractivity contribution in [1.29, 1.82) is 0 Å². The van der Waals surface area contributed by atoms with Crippen molar-refractivity contribution in [2.75, 3.05) is 26.9 Å². The highest BCUT2D eigenvalue weighted by Gasteiger charge is 2.58. The number of carboxylic acids is 1. The zero-order chi connectivity index (χ0) is 49.4. The van der Waals surface area contributed by atoms with Gasteiger partial charge in [-0.15, -0.1) is 0 Å². The van der Waals surface area contributed by atoms with Gasteiger partial charge in [-0.25, -0.2) is 9.59 Å². The van der Waals surface area contributed by atoms with E-state index < -0.39 is 171 Å². The van der Waals surface area contributed by atoms with E-state index in [0.29, 0.717) is 5.02 Å². The van der Waals surface area contributed by atoms with Crippen LogP contribution in [0.1, 0.15) is 44.5 Å². The molecule has 0 aromatic heterocycles. The minimum Gasteiger partial charge on any atom is -0.477 e. The van der Waals surface area contributed by atoms with E-state index in [-0.39, 0.29) is 5.56 Å². The summed E-state index contributed by atoms with van der Waals surface area (Å²) in [6.07, 6.45) is -27.5. The maximum absolute atomic E-state index is 13.1. The number of benzene rings is 1. The van der Waals surface area contributed by atoms with Crippen LogP contribution in [0.2, 0.25) is 5.02 Å². The van der Waals surface area contributed by atoms with E-state index in [1.807, 2.05) is 0 Å². The Labute approximate surface area is 381 Å². The van der Waals surface area contributed by atoms with Gasteiger partial charge in [0.2, 0.25) is 17.7 Å². The van der Waals surface area contributed by atoms with Crippen LogP contribution in [0.25, 0.3) is 0 Å². The Morgan fingerprint density at radius 2 is 1.45 bits per heavy atom. The maximum Gasteiger partial charge on any atom is 0.364 e. The lowest BCUT2D eigenvalue weighted by atomic mass is 9.88. The first-order chi connectivity index (χ1) is 30.9. The molecule has 26 nitrogen and oxygen atoms in total. The van der Waals surface area contributed by atoms with Gasteiger partial charge in [-0.1, -0.05) is 11.6 Å². The summed E-state index contributed by atoms with van der Waals surface area (Å²) in [5, 5.41) is 107. The molecule has 3 fully saturated rings. The largest absolute Gasteiger partial charge is 0.477 e. The number of rotatable bonds is 19. The van der Waals surface area contributed by atoms with Gasteiger partial charge in [-0.05, 0) is 31.2 Å². The number of carbonyl (C=O) groups excluding carboxylic acids is 5. The molecule has 372 valence electrons. The second kappa shape index (κ2) is 23.7. The summed E-state index contributed by atoms with van der Waals surface area (Å²) in [7, 11) is 1.02. The molecular weight excluding hydrogens is 912 g/mol. The molecule has 4 rings (SSSR count). The highest BCUT2D eigenvalue weighted by molar-refractivity contribution is 6.30. The third-order valence-corrected chi connectivity index (χ3v) is 11.1. The fourth-order valence-corrected chi connectivity index (χ4v) is 7.59. The summed E-state index contributed by atoms with van der Waals surface area (Å²) in [6.45, 7) is 1.79. The van der Waals surface area contributed by atoms with Gasteiger partial charge in [-0.2, -0.15) is 0 Å². The van der Waals surface area contributed by atoms with Crippen molar-refractivity contribution >= 4 is 47.2 Å². The SMILES string of the molecule is COC(=O)[C@@H](NC(C)=O)[C@@H](C)O[C@H]1O[C@H](CO[C@]2(C(=O)O)C[C@H](O)[C@@H](NC(C)=O)[C@H]([C@H](O)[C@H](O)CNC(=O)c3ccc(Cl)cc3)O2)[C@H](O)[C@H](O[C@@H]2O[C@H](CO)[C@H](O)[C@H](O)[C@H]2O)[C@H]1NC(C)=O. The lowest BCUT2D eigenvalue weighted by Crippen LogP contribution is -2.70. The maximum atomic E-state index is 13.1. The van der Waals surface area contributed by atoms with Crippen molar-refractivity contribution in [3.05, 3.63) is 34.9 Å². The number of carbonyl (C=O) groups is 6. The van der Waals surface area contributed by atoms with Gasteiger partial charge in [0, 0.05) is 44.3 Å². The number of hydrogen-bond donors (Lipinski definition) is 13. The van der Waals surface area contributed by atoms with Crippen LogP contribution < -0.4 is 21.3 Å². The van der Waals surface area contributed by atoms with Gasteiger partial charge >= 0.3 is 11.9 Å². The normalized spacial score (nSPS) is 34.1. The van der Waals surface area contributed by atoms with Crippen molar-refractivity contribution in [2.24, 2.45) is 0 Å². The quantitative estimate of drug-likeness (QED) is 0.0574. The molecule has 0 saturated carbocycles. The van der Waals surface area contributed by atoms with E-state index >= 15 is 0 Å². The Morgan fingerprint density at radius 1 is 0.848 bits per heavy atom. The highest BCUT2D eigenvalue weighted by atomic mass is 35.5. The van der Waals surface area contributed by atoms with Gasteiger partial charge in [0.05, 0.1) is 44.7 Å². The second-order valence-electron chi connectivity index (χ2n) is 15.8. The van der Waals surface area contributed by atoms with Gasteiger partial charge in [0.1, 0.15) is 61.0 Å². The average molecular weight is 969 g/mol. The number of ether oxygens (including phenoxy) is 7. The Morgan fingerprint density at radius 3 is 2.02 bits per heavy atom. The summed E-state index contributed by atoms with van der Waals surface area (Å²) in [6, 6.07) is 0.806. The summed E-state index contributed by atoms with van der Waals surface area (Å²) in [5.74, 6) is -8.94. The predicted octanol–water partition coefficient (Wildman–Crippen LogP) is -5.90. The lowest BCUT2D eigenvalue weighted by molar-refractivity contribution is -0.357. The molecule has 0 unspecified atom stereocenters. The second-order valence-corrected chi connectivity index (χ2v) is 16.3. The van der Waals surface area contributed by atoms with E-state index in [1.54, 1.807) is 0 Å². The Hall–Kier alpha value is -4.23. The van der Waals surface area contributed by atoms with Crippen LogP contribution in [-0.4, -0.2) is 218 Å². The first-order valence-electron chi connectivity index (χ1n) is 20.4. The molecule has 66 heavy (non-hydrogen) atoms. The summed E-state index contributed by atoms with van der Waals surface area (Å²) in [5.41, 5.74) is 0.120. The Kier molecular flexibility index (Phi) is 19.5. The fourth-order valence-electron chi connectivity index (χ4n) is 7.47. The zero-order valence-corrected chi connectivity index (χ0v) is 36.9. The molecule has 3 heterocycles. The number of aliphatic hydroxyl groups excluding tert-OH is 8. The Balaban J connectivity index is 1.69. The minimum absolute atomic E-state index is 0.120. The van der Waals surface area contributed by atoms with E-state index in [1.165, 1.54) is 31.2 Å². The lowest BCUT2D eigenvalue weighted by Gasteiger charge is -2.49. The summed E-state index contributed by atoms with van der Waals surface area (Å²) < 4.78 is 39.8. The van der Waals surface area contributed by atoms with Gasteiger partial charge < -0.3 is 100 Å². The van der Waals surface area contributed by atoms with Gasteiger partial charge in [0.25, 0.3) is 11.7 Å². The van der Waals surface area contributed by atoms with Gasteiger partial charge in [-0.3, -0.25) is 19.2 Å². The first-order valence-corrected chi connectivity index (χ1v) is 20.8. The molecule has 1 aromatic rings. The molecule has 4 amide bonds. The molecule has 13 N–H and O–H groups in total. The standard InChI is InChI=1S/C39H57ClN4O22/c1-14(24(35(57)60-5)42-15(2)46)62-36-26(44-17(4)48)32(65-37-31(55)30(54)28(52)22(12-45)63-37)29(53)23(64-36)13-61-39(38(58)59)10-20(49)25(43-16(3)47)33(66-39)27(51)21(50)11-41-34(56)18-6-8-19(40)9-7-18/h6-9,14,20-33,36-37,45,49-55H,10-13H2,1-5H3,(H,41,56)(H,42,46)(H,43,47)(H,44,48)(H,58,59)/t14-,20+,21-,22-,23-,24+,25-,26-,27-,28+,29+,30+,31-,32-,33-,36+,37+,39-/m1/s1. The first kappa shape index (κ1) is 54.4. The smallest absolute Gasteiger partial charge is 0.364 e. The fraction of sp³-hybridized carbons (Fsp3) is 0.692. The summed E-state index contributed by atoms with van der Waals surface area (Å²) in [4.78, 5) is 75.5. The molecule has 1 aromatic carbocycles. The van der Waals surface area contributed by atoms with Crippen LogP contribution in [0.5, 0.6) is 0 Å². The van der Waals surface area contributed by atoms with E-state index in [2.05, 4.69) is 21.3 Å². The molecule has 0 radical (unpaired) electrons. The molecule has 3 aliphatic heterocycles. The van der Waals surface area contributed by atoms with Crippen LogP contribution in [-0.2, 0) is 57.1 Å². The number of nitrogens with one attached hydrogen (secondary N) is 4. The number of methoxy groups -OCH3 is 1. The molecule has 0 aliphatic carbocycles. The number of esters is 1. The van der Waals surface area contributed by atoms with Crippen LogP contribution in [0.3, 0.4) is 0 Å². The molecule has 0 spiro atoms. The van der Waals surface area contributed by atoms with Crippen molar-refractivity contribution < 1.29 is 108 Å². The van der Waals surface area contributed by atoms with Crippen molar-refractivity contribution in [1.82, 2.24) is 21.3 Å². The molecular formula is C39H57ClN4O22. The number of amides is 4. The molecule has 0 bridgehead atoms. The van der Waals surface area contributed by atoms with Crippen molar-refractivity contribution in [2.45, 2.75) is 144 Å². The van der Waals surface area contributed by atoms with Crippen LogP contribution >= 0.6 is 11.6 Å². The number of hydrogen-bond acceptors (Lipinski definition) is 21. The van der Waals surface area contributed by atoms with Crippen LogP contribution in [0.15, 0.2) is 24.3 Å². The zero-order valence-electron chi connectivity index (χ0n) is 36.2. The Bertz CT molecular complexity index is 1850. The van der Waals surface area contributed by atoms with Crippen molar-refractivity contribution in [3.63, 3.8) is 0 Å². The van der Waals surface area contributed by atoms with Crippen LogP contribution in [0, 0.1) is 0 Å². The average Bonchev–Trinajstić information content (AvgIpc) is 3.26. The van der Waals surface area contributed by atoms with Crippen molar-refractivity contribution in [3.8, 4) is 0 Å². The molecule has 3 aliphatic rings. The van der Waals surface area contributed by atoms with Gasteiger partial charge in [0.15, 0.2) is 18.6 Å². The molecule has 18 atom stereocenters. The van der Waals surface area contributed by atoms with E-state index in [9.17, 15) is 74.7 Å². The molecule has 3 saturated heterocycles.